The Hall–Kier alpha value is -3.15. The van der Waals surface area contributed by atoms with Crippen LogP contribution in [0.4, 0.5) is 17.2 Å². The summed E-state index contributed by atoms with van der Waals surface area (Å²) in [5, 5.41) is 10.3. The maximum absolute atomic E-state index is 12.4. The maximum Gasteiger partial charge on any atom is 0.259 e. The molecule has 0 radical (unpaired) electrons. The van der Waals surface area contributed by atoms with Gasteiger partial charge in [0.2, 0.25) is 0 Å². The second-order valence-corrected chi connectivity index (χ2v) is 5.55. The number of hydrogen-bond acceptors (Lipinski definition) is 4. The summed E-state index contributed by atoms with van der Waals surface area (Å²) in [4.78, 5) is 16.8. The number of hydrogen-bond donors (Lipinski definition) is 2. The summed E-state index contributed by atoms with van der Waals surface area (Å²) >= 11 is 0. The molecule has 6 nitrogen and oxygen atoms in total. The molecule has 0 spiro atoms. The van der Waals surface area contributed by atoms with Gasteiger partial charge in [-0.3, -0.25) is 9.48 Å². The summed E-state index contributed by atoms with van der Waals surface area (Å²) in [6.07, 6.45) is 1.63. The fourth-order valence-corrected chi connectivity index (χ4v) is 2.51. The van der Waals surface area contributed by atoms with Gasteiger partial charge in [0.1, 0.15) is 5.82 Å². The molecule has 0 fully saturated rings. The number of carbonyl (C=O) groups is 1. The van der Waals surface area contributed by atoms with Crippen molar-refractivity contribution in [3.05, 3.63) is 65.6 Å². The molecule has 0 aliphatic rings. The third kappa shape index (κ3) is 3.27. The van der Waals surface area contributed by atoms with Gasteiger partial charge in [0, 0.05) is 18.4 Å². The number of carbonyl (C=O) groups excluding carboxylic acids is 1. The van der Waals surface area contributed by atoms with Crippen molar-refractivity contribution in [3.63, 3.8) is 0 Å². The van der Waals surface area contributed by atoms with Gasteiger partial charge in [0.25, 0.3) is 5.91 Å². The Kier molecular flexibility index (Phi) is 4.29. The fourth-order valence-electron chi connectivity index (χ4n) is 2.51. The third-order valence-corrected chi connectivity index (χ3v) is 3.80. The van der Waals surface area contributed by atoms with Crippen LogP contribution in [0.1, 0.15) is 21.7 Å². The van der Waals surface area contributed by atoms with Crippen molar-refractivity contribution >= 4 is 23.1 Å². The quantitative estimate of drug-likeness (QED) is 0.772. The fraction of sp³-hybridized carbons (Fsp3) is 0.167. The number of nitrogens with zero attached hydrogens (tertiary/aromatic N) is 3. The van der Waals surface area contributed by atoms with E-state index in [2.05, 4.69) is 20.7 Å². The van der Waals surface area contributed by atoms with Crippen molar-refractivity contribution in [1.82, 2.24) is 14.8 Å². The SMILES string of the molecule is Cc1nn(C)c(C)c1C(=O)Nc1ccc(Nc2ccccc2)nc1. The Morgan fingerprint density at radius 1 is 1.04 bits per heavy atom. The van der Waals surface area contributed by atoms with E-state index in [9.17, 15) is 4.79 Å². The average Bonchev–Trinajstić information content (AvgIpc) is 2.83. The molecule has 3 aromatic rings. The van der Waals surface area contributed by atoms with E-state index in [1.54, 1.807) is 10.9 Å². The number of nitrogens with one attached hydrogen (secondary N) is 2. The van der Waals surface area contributed by atoms with E-state index in [4.69, 9.17) is 0 Å². The van der Waals surface area contributed by atoms with Crippen molar-refractivity contribution < 1.29 is 4.79 Å². The van der Waals surface area contributed by atoms with Gasteiger partial charge in [-0.25, -0.2) is 4.98 Å². The van der Waals surface area contributed by atoms with Gasteiger partial charge in [0.05, 0.1) is 23.1 Å². The van der Waals surface area contributed by atoms with Gasteiger partial charge in [0.15, 0.2) is 0 Å². The van der Waals surface area contributed by atoms with Crippen LogP contribution in [-0.4, -0.2) is 20.7 Å². The third-order valence-electron chi connectivity index (χ3n) is 3.80. The lowest BCUT2D eigenvalue weighted by molar-refractivity contribution is 0.102. The highest BCUT2D eigenvalue weighted by atomic mass is 16.1. The Bertz CT molecular complexity index is 853. The van der Waals surface area contributed by atoms with Crippen LogP contribution in [-0.2, 0) is 7.05 Å². The summed E-state index contributed by atoms with van der Waals surface area (Å²) in [7, 11) is 1.82. The summed E-state index contributed by atoms with van der Waals surface area (Å²) in [6.45, 7) is 3.70. The van der Waals surface area contributed by atoms with Gasteiger partial charge in [-0.05, 0) is 38.1 Å². The largest absolute Gasteiger partial charge is 0.340 e. The van der Waals surface area contributed by atoms with Crippen molar-refractivity contribution in [3.8, 4) is 0 Å². The molecule has 0 aliphatic carbocycles. The monoisotopic (exact) mass is 321 g/mol. The van der Waals surface area contributed by atoms with Crippen LogP contribution in [0.5, 0.6) is 0 Å². The maximum atomic E-state index is 12.4. The van der Waals surface area contributed by atoms with Crippen LogP contribution >= 0.6 is 0 Å². The molecule has 0 bridgehead atoms. The summed E-state index contributed by atoms with van der Waals surface area (Å²) in [5.74, 6) is 0.539. The lowest BCUT2D eigenvalue weighted by atomic mass is 10.2. The summed E-state index contributed by atoms with van der Waals surface area (Å²) < 4.78 is 1.70. The molecule has 0 unspecified atom stereocenters. The minimum Gasteiger partial charge on any atom is -0.340 e. The Morgan fingerprint density at radius 3 is 2.38 bits per heavy atom. The number of aryl methyl sites for hydroxylation is 2. The molecule has 0 aliphatic heterocycles. The van der Waals surface area contributed by atoms with Crippen LogP contribution in [0.15, 0.2) is 48.7 Å². The molecule has 2 N–H and O–H groups in total. The number of amides is 1. The number of aromatic nitrogens is 3. The molecule has 122 valence electrons. The highest BCUT2D eigenvalue weighted by Gasteiger charge is 2.17. The van der Waals surface area contributed by atoms with Crippen LogP contribution in [0, 0.1) is 13.8 Å². The molecule has 2 aromatic heterocycles. The highest BCUT2D eigenvalue weighted by Crippen LogP contribution is 2.18. The molecule has 1 aromatic carbocycles. The Morgan fingerprint density at radius 2 is 1.79 bits per heavy atom. The zero-order valence-corrected chi connectivity index (χ0v) is 13.9. The molecule has 6 heteroatoms. The van der Waals surface area contributed by atoms with Gasteiger partial charge in [-0.1, -0.05) is 18.2 Å². The van der Waals surface area contributed by atoms with Crippen LogP contribution in [0.3, 0.4) is 0 Å². The smallest absolute Gasteiger partial charge is 0.259 e. The van der Waals surface area contributed by atoms with Crippen molar-refractivity contribution in [1.29, 1.82) is 0 Å². The van der Waals surface area contributed by atoms with E-state index in [1.807, 2.05) is 63.4 Å². The predicted octanol–water partition coefficient (Wildman–Crippen LogP) is 3.43. The summed E-state index contributed by atoms with van der Waals surface area (Å²) in [5.41, 5.74) is 3.75. The van der Waals surface area contributed by atoms with E-state index in [1.165, 1.54) is 0 Å². The first-order valence-electron chi connectivity index (χ1n) is 7.64. The molecule has 0 saturated carbocycles. The van der Waals surface area contributed by atoms with E-state index in [0.29, 0.717) is 22.8 Å². The zero-order chi connectivity index (χ0) is 17.1. The molecular weight excluding hydrogens is 302 g/mol. The number of benzene rings is 1. The van der Waals surface area contributed by atoms with E-state index >= 15 is 0 Å². The van der Waals surface area contributed by atoms with Crippen molar-refractivity contribution in [2.75, 3.05) is 10.6 Å². The predicted molar refractivity (Wildman–Crippen MR) is 94.6 cm³/mol. The minimum absolute atomic E-state index is 0.177. The number of pyridine rings is 1. The second kappa shape index (κ2) is 6.54. The lowest BCUT2D eigenvalue weighted by Gasteiger charge is -2.08. The van der Waals surface area contributed by atoms with Gasteiger partial charge >= 0.3 is 0 Å². The van der Waals surface area contributed by atoms with E-state index in [0.717, 1.165) is 11.4 Å². The van der Waals surface area contributed by atoms with Gasteiger partial charge in [-0.15, -0.1) is 0 Å². The number of para-hydroxylation sites is 1. The van der Waals surface area contributed by atoms with E-state index < -0.39 is 0 Å². The van der Waals surface area contributed by atoms with Gasteiger partial charge in [-0.2, -0.15) is 5.10 Å². The van der Waals surface area contributed by atoms with Crippen molar-refractivity contribution in [2.24, 2.45) is 7.05 Å². The molecule has 1 amide bonds. The topological polar surface area (TPSA) is 71.8 Å². The highest BCUT2D eigenvalue weighted by molar-refractivity contribution is 6.05. The van der Waals surface area contributed by atoms with E-state index in [-0.39, 0.29) is 5.91 Å². The minimum atomic E-state index is -0.177. The first-order valence-corrected chi connectivity index (χ1v) is 7.64. The van der Waals surface area contributed by atoms with Crippen molar-refractivity contribution in [2.45, 2.75) is 13.8 Å². The standard InChI is InChI=1S/C18H19N5O/c1-12-17(13(2)23(3)22-12)18(24)21-15-9-10-16(19-11-15)20-14-7-5-4-6-8-14/h4-11H,1-3H3,(H,19,20)(H,21,24). The van der Waals surface area contributed by atoms with Gasteiger partial charge < -0.3 is 10.6 Å². The molecule has 3 rings (SSSR count). The Balaban J connectivity index is 1.71. The number of rotatable bonds is 4. The molecule has 0 saturated heterocycles. The molecule has 0 atom stereocenters. The Labute approximate surface area is 140 Å². The van der Waals surface area contributed by atoms with Crippen LogP contribution in [0.25, 0.3) is 0 Å². The first kappa shape index (κ1) is 15.7. The van der Waals surface area contributed by atoms with Crippen LogP contribution in [0.2, 0.25) is 0 Å². The summed E-state index contributed by atoms with van der Waals surface area (Å²) in [6, 6.07) is 13.4. The number of anilines is 3. The molecule has 2 heterocycles. The molecule has 24 heavy (non-hydrogen) atoms. The molecular formula is C18H19N5O. The normalized spacial score (nSPS) is 10.5. The average molecular weight is 321 g/mol. The lowest BCUT2D eigenvalue weighted by Crippen LogP contribution is -2.14. The zero-order valence-electron chi connectivity index (χ0n) is 13.9. The first-order chi connectivity index (χ1) is 11.5. The van der Waals surface area contributed by atoms with Crippen LogP contribution < -0.4 is 10.6 Å². The second-order valence-electron chi connectivity index (χ2n) is 5.55.